The van der Waals surface area contributed by atoms with Crippen LogP contribution in [0, 0.1) is 0 Å². The Morgan fingerprint density at radius 2 is 0.983 bits per heavy atom. The number of para-hydroxylation sites is 4. The summed E-state index contributed by atoms with van der Waals surface area (Å²) in [5, 5.41) is 51.8. The van der Waals surface area contributed by atoms with Crippen molar-refractivity contribution >= 4 is 45.9 Å². The number of fused-ring (bicyclic) bond motifs is 2. The predicted molar refractivity (Wildman–Crippen MR) is 210 cm³/mol. The van der Waals surface area contributed by atoms with Gasteiger partial charge in [-0.05, 0) is 72.8 Å². The number of aliphatic hydroxyl groups excluding tert-OH is 1. The van der Waals surface area contributed by atoms with Gasteiger partial charge in [-0.1, -0.05) is 38.1 Å². The molecule has 6 rings (SSSR count). The van der Waals surface area contributed by atoms with Crippen molar-refractivity contribution in [3.63, 3.8) is 0 Å². The molecule has 0 fully saturated rings. The Hall–Kier alpha value is -7.18. The first-order valence-corrected chi connectivity index (χ1v) is 17.6. The quantitative estimate of drug-likeness (QED) is 0.0768. The first kappa shape index (κ1) is 45.2. The summed E-state index contributed by atoms with van der Waals surface area (Å²) < 4.78 is 21.2. The van der Waals surface area contributed by atoms with E-state index in [2.05, 4.69) is 30.5 Å². The van der Waals surface area contributed by atoms with Gasteiger partial charge in [-0.2, -0.15) is 0 Å². The fourth-order valence-corrected chi connectivity index (χ4v) is 4.70. The van der Waals surface area contributed by atoms with Crippen LogP contribution in [0.1, 0.15) is 13.8 Å². The maximum atomic E-state index is 9.88. The highest BCUT2D eigenvalue weighted by Crippen LogP contribution is 2.19. The van der Waals surface area contributed by atoms with E-state index < -0.39 is 30.0 Å². The smallest absolute Gasteiger partial charge is 0.414 e. The van der Waals surface area contributed by atoms with Gasteiger partial charge in [0.15, 0.2) is 0 Å². The van der Waals surface area contributed by atoms with Crippen molar-refractivity contribution in [3.8, 4) is 23.0 Å². The maximum absolute atomic E-state index is 9.88. The van der Waals surface area contributed by atoms with Crippen LogP contribution in [-0.4, -0.2) is 112 Å². The average Bonchev–Trinajstić information content (AvgIpc) is 3.82. The predicted octanol–water partition coefficient (Wildman–Crippen LogP) is 3.99. The van der Waals surface area contributed by atoms with Crippen LogP contribution in [0.15, 0.2) is 110 Å². The number of aliphatic hydroxyl groups is 1. The van der Waals surface area contributed by atoms with Gasteiger partial charge in [0.25, 0.3) is 0 Å². The molecule has 18 nitrogen and oxygen atoms in total. The molecule has 0 radical (unpaired) electrons. The van der Waals surface area contributed by atoms with Crippen LogP contribution in [-0.2, 0) is 32.3 Å². The Morgan fingerprint density at radius 3 is 1.38 bits per heavy atom. The van der Waals surface area contributed by atoms with Crippen LogP contribution in [0.5, 0.6) is 23.0 Å². The average molecular weight is 804 g/mol. The second-order valence-corrected chi connectivity index (χ2v) is 12.3. The Morgan fingerprint density at radius 1 is 0.603 bits per heavy atom. The zero-order chi connectivity index (χ0) is 42.5. The Labute approximate surface area is 332 Å². The molecule has 0 bridgehead atoms. The highest BCUT2D eigenvalue weighted by atomic mass is 16.5. The van der Waals surface area contributed by atoms with Gasteiger partial charge in [-0.15, -0.1) is 0 Å². The fraction of sp³-hybridized carbons (Fsp3) is 0.250. The standard InChI is InChI=1S/C21H27N3O3.C15H14N2O2.2C2H2O4/c1-16(2)22-13-17(25)14-27-19-9-7-18(8-10-19)26-12-11-24-15-23-20-5-3-4-6-21(20)24;18-12-5-7-13(8-6-12)19-10-9-17-11-16-14-3-1-2-4-15(14)17;2*3-1(4)2(5)6/h3-10,15-17,22,25H,11-14H2,1-2H3;1-8,11,18H,9-10H2;2*(H,3,4)(H,5,6). The number of aliphatic carboxylic acids is 4. The number of ether oxygens (including phenoxy) is 3. The molecule has 0 aliphatic heterocycles. The third-order valence-corrected chi connectivity index (χ3v) is 7.49. The molecule has 0 spiro atoms. The van der Waals surface area contributed by atoms with Gasteiger partial charge in [-0.3, -0.25) is 0 Å². The summed E-state index contributed by atoms with van der Waals surface area (Å²) in [4.78, 5) is 45.1. The van der Waals surface area contributed by atoms with Gasteiger partial charge < -0.3 is 59.3 Å². The molecule has 0 aliphatic carbocycles. The highest BCUT2D eigenvalue weighted by Gasteiger charge is 2.08. The molecule has 0 saturated heterocycles. The molecule has 0 aliphatic rings. The van der Waals surface area contributed by atoms with E-state index in [0.29, 0.717) is 31.5 Å². The van der Waals surface area contributed by atoms with Crippen LogP contribution in [0.3, 0.4) is 0 Å². The highest BCUT2D eigenvalue weighted by molar-refractivity contribution is 6.27. The van der Waals surface area contributed by atoms with E-state index in [-0.39, 0.29) is 12.4 Å². The fourth-order valence-electron chi connectivity index (χ4n) is 4.70. The number of benzene rings is 4. The Bertz CT molecular complexity index is 2140. The second kappa shape index (κ2) is 23.7. The number of carboxylic acids is 4. The monoisotopic (exact) mass is 803 g/mol. The molecule has 0 saturated carbocycles. The summed E-state index contributed by atoms with van der Waals surface area (Å²) in [7, 11) is 0. The van der Waals surface area contributed by atoms with E-state index in [9.17, 15) is 10.2 Å². The van der Waals surface area contributed by atoms with E-state index in [4.69, 9.17) is 53.8 Å². The summed E-state index contributed by atoms with van der Waals surface area (Å²) in [6.45, 7) is 7.44. The minimum atomic E-state index is -1.82. The molecule has 1 atom stereocenters. The van der Waals surface area contributed by atoms with Crippen molar-refractivity contribution in [1.29, 1.82) is 0 Å². The van der Waals surface area contributed by atoms with Crippen LogP contribution in [0.2, 0.25) is 0 Å². The number of carbonyl (C=O) groups is 4. The number of nitrogens with one attached hydrogen (secondary N) is 1. The number of imidazole rings is 2. The number of carboxylic acid groups (broad SMARTS) is 4. The van der Waals surface area contributed by atoms with Gasteiger partial charge in [-0.25, -0.2) is 29.1 Å². The van der Waals surface area contributed by atoms with E-state index in [1.165, 1.54) is 0 Å². The molecule has 2 aromatic heterocycles. The number of phenolic OH excluding ortho intramolecular Hbond substituents is 1. The third-order valence-electron chi connectivity index (χ3n) is 7.49. The van der Waals surface area contributed by atoms with Gasteiger partial charge in [0, 0.05) is 12.6 Å². The van der Waals surface area contributed by atoms with Gasteiger partial charge in [0.2, 0.25) is 0 Å². The minimum Gasteiger partial charge on any atom is -0.508 e. The SMILES string of the molecule is CC(C)NCC(O)COc1ccc(OCCn2cnc3ccccc32)cc1.O=C(O)C(=O)O.O=C(O)C(=O)O.Oc1ccc(OCCn2cnc3ccccc32)cc1. The summed E-state index contributed by atoms with van der Waals surface area (Å²) >= 11 is 0. The molecule has 4 aromatic carbocycles. The molecule has 6 aromatic rings. The summed E-state index contributed by atoms with van der Waals surface area (Å²) in [6.07, 6.45) is 3.13. The number of rotatable bonds is 14. The van der Waals surface area contributed by atoms with Crippen LogP contribution < -0.4 is 19.5 Å². The number of phenols is 1. The zero-order valence-corrected chi connectivity index (χ0v) is 31.6. The third kappa shape index (κ3) is 16.3. The molecule has 7 N–H and O–H groups in total. The van der Waals surface area contributed by atoms with Crippen molar-refractivity contribution in [1.82, 2.24) is 24.4 Å². The van der Waals surface area contributed by atoms with E-state index in [1.807, 2.05) is 93.2 Å². The summed E-state index contributed by atoms with van der Waals surface area (Å²) in [5.41, 5.74) is 4.20. The maximum Gasteiger partial charge on any atom is 0.414 e. The van der Waals surface area contributed by atoms with Crippen molar-refractivity contribution in [2.45, 2.75) is 39.1 Å². The first-order chi connectivity index (χ1) is 27.7. The van der Waals surface area contributed by atoms with Gasteiger partial charge >= 0.3 is 23.9 Å². The van der Waals surface area contributed by atoms with E-state index in [0.717, 1.165) is 46.7 Å². The number of nitrogens with zero attached hydrogens (tertiary/aromatic N) is 4. The van der Waals surface area contributed by atoms with Crippen molar-refractivity contribution < 1.29 is 64.0 Å². The lowest BCUT2D eigenvalue weighted by Gasteiger charge is -2.15. The van der Waals surface area contributed by atoms with Crippen molar-refractivity contribution in [2.24, 2.45) is 0 Å². The first-order valence-electron chi connectivity index (χ1n) is 17.6. The lowest BCUT2D eigenvalue weighted by Crippen LogP contribution is -2.35. The molecule has 18 heteroatoms. The number of hydrogen-bond donors (Lipinski definition) is 7. The topological polar surface area (TPSA) is 265 Å². The summed E-state index contributed by atoms with van der Waals surface area (Å²) in [6, 6.07) is 30.6. The van der Waals surface area contributed by atoms with E-state index >= 15 is 0 Å². The van der Waals surface area contributed by atoms with Crippen LogP contribution in [0.4, 0.5) is 0 Å². The molecule has 1 unspecified atom stereocenters. The lowest BCUT2D eigenvalue weighted by molar-refractivity contribution is -0.159. The van der Waals surface area contributed by atoms with Crippen molar-refractivity contribution in [2.75, 3.05) is 26.4 Å². The second-order valence-electron chi connectivity index (χ2n) is 12.3. The number of aromatic nitrogens is 4. The Kier molecular flexibility index (Phi) is 18.5. The van der Waals surface area contributed by atoms with E-state index in [1.54, 1.807) is 24.3 Å². The number of hydrogen-bond acceptors (Lipinski definition) is 12. The zero-order valence-electron chi connectivity index (χ0n) is 31.6. The minimum absolute atomic E-state index is 0.243. The van der Waals surface area contributed by atoms with Crippen LogP contribution in [0.25, 0.3) is 22.1 Å². The molecule has 308 valence electrons. The van der Waals surface area contributed by atoms with Gasteiger partial charge in [0.05, 0.1) is 47.8 Å². The molecule has 2 heterocycles. The summed E-state index contributed by atoms with van der Waals surface area (Å²) in [5.74, 6) is -4.80. The normalized spacial score (nSPS) is 10.8. The van der Waals surface area contributed by atoms with Crippen LogP contribution >= 0.6 is 0 Å². The lowest BCUT2D eigenvalue weighted by atomic mass is 10.3. The van der Waals surface area contributed by atoms with Crippen molar-refractivity contribution in [3.05, 3.63) is 110 Å². The molecule has 0 amide bonds. The number of aromatic hydroxyl groups is 1. The Balaban J connectivity index is 0.000000250. The largest absolute Gasteiger partial charge is 0.508 e. The molecular weight excluding hydrogens is 758 g/mol. The van der Waals surface area contributed by atoms with Gasteiger partial charge in [0.1, 0.15) is 48.9 Å². The molecular formula is C40H45N5O13. The molecule has 58 heavy (non-hydrogen) atoms.